The van der Waals surface area contributed by atoms with Crippen LogP contribution in [-0.4, -0.2) is 59.0 Å². The highest BCUT2D eigenvalue weighted by atomic mass is 19.3. The zero-order chi connectivity index (χ0) is 29.7. The first-order chi connectivity index (χ1) is 19.5. The van der Waals surface area contributed by atoms with Crippen LogP contribution in [0.4, 0.5) is 14.5 Å². The van der Waals surface area contributed by atoms with Crippen LogP contribution in [0.15, 0.2) is 60.7 Å². The quantitative estimate of drug-likeness (QED) is 0.380. The van der Waals surface area contributed by atoms with Crippen molar-refractivity contribution in [3.05, 3.63) is 83.2 Å². The Balaban J connectivity index is 1.37. The van der Waals surface area contributed by atoms with Crippen molar-refractivity contribution >= 4 is 23.5 Å². The van der Waals surface area contributed by atoms with Crippen molar-refractivity contribution in [2.45, 2.75) is 45.9 Å². The Labute approximate surface area is 236 Å². The molecule has 1 aliphatic rings. The van der Waals surface area contributed by atoms with E-state index in [-0.39, 0.29) is 35.8 Å². The maximum Gasteiger partial charge on any atom is 0.387 e. The summed E-state index contributed by atoms with van der Waals surface area (Å²) in [5, 5.41) is 10.00. The third kappa shape index (κ3) is 7.36. The highest BCUT2D eigenvalue weighted by Crippen LogP contribution is 2.32. The number of hydrogen-bond donors (Lipinski definition) is 1. The van der Waals surface area contributed by atoms with Crippen molar-refractivity contribution in [3.8, 4) is 11.5 Å². The maximum atomic E-state index is 13.0. The number of aryl methyl sites for hydroxylation is 1. The predicted octanol–water partition coefficient (Wildman–Crippen LogP) is 4.50. The van der Waals surface area contributed by atoms with Gasteiger partial charge in [0, 0.05) is 26.2 Å². The summed E-state index contributed by atoms with van der Waals surface area (Å²) in [7, 11) is 1.65. The summed E-state index contributed by atoms with van der Waals surface area (Å²) in [5.41, 5.74) is 3.01. The number of anilines is 1. The summed E-state index contributed by atoms with van der Waals surface area (Å²) in [6.07, 6.45) is 0.720. The number of phenolic OH excluding ortho intramolecular Hbond substituents is 1. The number of rotatable bonds is 9. The van der Waals surface area contributed by atoms with Crippen LogP contribution < -0.4 is 9.64 Å². The number of hydrogen-bond acceptors (Lipinski definition) is 7. The number of pyridine rings is 1. The number of likely N-dealkylation sites (tertiary alicyclic amines) is 1. The van der Waals surface area contributed by atoms with E-state index in [4.69, 9.17) is 4.74 Å². The molecule has 41 heavy (non-hydrogen) atoms. The number of carbonyl (C=O) groups is 3. The molecule has 1 unspecified atom stereocenters. The maximum absolute atomic E-state index is 13.0. The number of ether oxygens (including phenoxy) is 2. The van der Waals surface area contributed by atoms with Gasteiger partial charge in [0.15, 0.2) is 11.5 Å². The first-order valence-corrected chi connectivity index (χ1v) is 13.0. The summed E-state index contributed by atoms with van der Waals surface area (Å²) in [6, 6.07) is 15.7. The van der Waals surface area contributed by atoms with E-state index in [9.17, 15) is 28.3 Å². The van der Waals surface area contributed by atoms with Gasteiger partial charge in [-0.15, -0.1) is 0 Å². The summed E-state index contributed by atoms with van der Waals surface area (Å²) in [4.78, 5) is 45.6. The highest BCUT2D eigenvalue weighted by molar-refractivity contribution is 6.04. The molecule has 1 N–H and O–H groups in total. The minimum atomic E-state index is -3.06. The van der Waals surface area contributed by atoms with Gasteiger partial charge in [-0.1, -0.05) is 29.8 Å². The van der Waals surface area contributed by atoms with Crippen LogP contribution in [0, 0.1) is 12.8 Å². The van der Waals surface area contributed by atoms with Gasteiger partial charge in [-0.2, -0.15) is 8.78 Å². The molecule has 11 heteroatoms. The molecule has 3 aromatic rings. The zero-order valence-electron chi connectivity index (χ0n) is 22.9. The van der Waals surface area contributed by atoms with Crippen LogP contribution in [0.3, 0.4) is 0 Å². The van der Waals surface area contributed by atoms with Gasteiger partial charge in [-0.25, -0.2) is 9.78 Å². The van der Waals surface area contributed by atoms with Crippen LogP contribution in [0.1, 0.15) is 40.7 Å². The van der Waals surface area contributed by atoms with Gasteiger partial charge in [0.2, 0.25) is 5.91 Å². The summed E-state index contributed by atoms with van der Waals surface area (Å²) >= 11 is 0. The molecule has 1 saturated heterocycles. The number of nitrogens with zero attached hydrogens (tertiary/aromatic N) is 3. The fraction of sp³-hybridized carbons (Fsp3) is 0.333. The third-order valence-electron chi connectivity index (χ3n) is 6.94. The van der Waals surface area contributed by atoms with Crippen molar-refractivity contribution < 1.29 is 37.7 Å². The molecule has 0 saturated carbocycles. The van der Waals surface area contributed by atoms with Crippen molar-refractivity contribution in [1.82, 2.24) is 9.88 Å². The number of halogens is 2. The molecule has 2 atom stereocenters. The lowest BCUT2D eigenvalue weighted by Crippen LogP contribution is -2.40. The first kappa shape index (κ1) is 29.4. The van der Waals surface area contributed by atoms with Crippen molar-refractivity contribution in [3.63, 3.8) is 0 Å². The number of carbonyl (C=O) groups excluding carboxylic acids is 3. The van der Waals surface area contributed by atoms with Gasteiger partial charge in [0.05, 0.1) is 5.69 Å². The fourth-order valence-electron chi connectivity index (χ4n) is 4.84. The lowest BCUT2D eigenvalue weighted by atomic mass is 9.96. The molecule has 0 bridgehead atoms. The van der Waals surface area contributed by atoms with E-state index < -0.39 is 24.4 Å². The average molecular weight is 568 g/mol. The Kier molecular flexibility index (Phi) is 9.16. The van der Waals surface area contributed by atoms with Gasteiger partial charge >= 0.3 is 12.6 Å². The van der Waals surface area contributed by atoms with Crippen molar-refractivity contribution in [1.29, 1.82) is 0 Å². The van der Waals surface area contributed by atoms with E-state index in [0.717, 1.165) is 5.56 Å². The highest BCUT2D eigenvalue weighted by Gasteiger charge is 2.39. The van der Waals surface area contributed by atoms with E-state index in [2.05, 4.69) is 9.72 Å². The molecule has 9 nitrogen and oxygen atoms in total. The second kappa shape index (κ2) is 12.8. The molecule has 216 valence electrons. The molecule has 0 aliphatic carbocycles. The molecule has 1 aliphatic heterocycles. The Morgan fingerprint density at radius 1 is 1.12 bits per heavy atom. The van der Waals surface area contributed by atoms with E-state index in [1.807, 2.05) is 31.2 Å². The van der Waals surface area contributed by atoms with Crippen molar-refractivity contribution in [2.24, 2.45) is 5.92 Å². The molecule has 2 amide bonds. The normalized spacial score (nSPS) is 16.5. The number of esters is 1. The number of benzene rings is 2. The van der Waals surface area contributed by atoms with Crippen LogP contribution in [0.5, 0.6) is 11.5 Å². The molecule has 2 heterocycles. The lowest BCUT2D eigenvalue weighted by molar-refractivity contribution is -0.154. The van der Waals surface area contributed by atoms with Gasteiger partial charge in [0.1, 0.15) is 18.3 Å². The molecule has 4 rings (SSSR count). The molecule has 2 aromatic carbocycles. The lowest BCUT2D eigenvalue weighted by Gasteiger charge is -2.21. The fourth-order valence-corrected chi connectivity index (χ4v) is 4.84. The molecule has 0 spiro atoms. The Morgan fingerprint density at radius 2 is 1.85 bits per heavy atom. The minimum Gasteiger partial charge on any atom is -0.504 e. The van der Waals surface area contributed by atoms with Crippen molar-refractivity contribution in [2.75, 3.05) is 18.5 Å². The Hall–Kier alpha value is -4.54. The molecule has 0 radical (unpaired) electrons. The van der Waals surface area contributed by atoms with Crippen LogP contribution in [-0.2, 0) is 27.4 Å². The third-order valence-corrected chi connectivity index (χ3v) is 6.94. The molecule has 1 aromatic heterocycles. The summed E-state index contributed by atoms with van der Waals surface area (Å²) in [5.74, 6) is -2.08. The van der Waals surface area contributed by atoms with Gasteiger partial charge in [-0.05, 0) is 67.6 Å². The molecule has 1 fully saturated rings. The molecular formula is C30H31F2N3O6. The summed E-state index contributed by atoms with van der Waals surface area (Å²) < 4.78 is 34.7. The monoisotopic (exact) mass is 567 g/mol. The zero-order valence-corrected chi connectivity index (χ0v) is 22.9. The van der Waals surface area contributed by atoms with Gasteiger partial charge in [0.25, 0.3) is 5.91 Å². The SMILES string of the molecule is CC(=O)N1CC(Cc2ccc(OC(F)F)c(O)c2)C[C@@H]1C(=O)OCc1cccc(C(=O)N(C)c2ccc(C)cc2)n1. The second-order valence-electron chi connectivity index (χ2n) is 10.00. The number of phenols is 1. The number of amides is 2. The predicted molar refractivity (Wildman–Crippen MR) is 146 cm³/mol. The van der Waals surface area contributed by atoms with E-state index >= 15 is 0 Å². The number of aromatic nitrogens is 1. The number of alkyl halides is 2. The first-order valence-electron chi connectivity index (χ1n) is 13.0. The largest absolute Gasteiger partial charge is 0.504 e. The van der Waals surface area contributed by atoms with Gasteiger partial charge < -0.3 is 24.4 Å². The number of aromatic hydroxyl groups is 1. The summed E-state index contributed by atoms with van der Waals surface area (Å²) in [6.45, 7) is 0.377. The smallest absolute Gasteiger partial charge is 0.387 e. The van der Waals surface area contributed by atoms with E-state index in [1.165, 1.54) is 28.9 Å². The van der Waals surface area contributed by atoms with Crippen LogP contribution in [0.25, 0.3) is 0 Å². The van der Waals surface area contributed by atoms with Crippen LogP contribution >= 0.6 is 0 Å². The van der Waals surface area contributed by atoms with Crippen LogP contribution in [0.2, 0.25) is 0 Å². The topological polar surface area (TPSA) is 109 Å². The van der Waals surface area contributed by atoms with Gasteiger partial charge in [-0.3, -0.25) is 9.59 Å². The Bertz CT molecular complexity index is 1420. The average Bonchev–Trinajstić information content (AvgIpc) is 3.37. The Morgan fingerprint density at radius 3 is 2.51 bits per heavy atom. The minimum absolute atomic E-state index is 0.130. The van der Waals surface area contributed by atoms with E-state index in [0.29, 0.717) is 36.3 Å². The van der Waals surface area contributed by atoms with E-state index in [1.54, 1.807) is 31.3 Å². The molecular weight excluding hydrogens is 536 g/mol. The second-order valence-corrected chi connectivity index (χ2v) is 10.00. The standard InChI is InChI=1S/C30H31F2N3O6/c1-18-7-10-23(11-8-18)34(3)28(38)24-6-4-5-22(33-24)17-40-29(39)25-14-21(16-35(25)19(2)36)13-20-9-12-27(26(37)15-20)41-30(31)32/h4-12,15,21,25,30,37H,13-14,16-17H2,1-3H3/t21?,25-/m1/s1.